The van der Waals surface area contributed by atoms with Gasteiger partial charge in [-0.1, -0.05) is 6.07 Å². The van der Waals surface area contributed by atoms with Gasteiger partial charge >= 0.3 is 5.97 Å². The summed E-state index contributed by atoms with van der Waals surface area (Å²) in [5.74, 6) is -3.90. The van der Waals surface area contributed by atoms with Gasteiger partial charge in [0.05, 0.1) is 12.8 Å². The first-order valence-electron chi connectivity index (χ1n) is 7.02. The molecular weight excluding hydrogens is 391 g/mol. The summed E-state index contributed by atoms with van der Waals surface area (Å²) in [4.78, 5) is 11.0. The summed E-state index contributed by atoms with van der Waals surface area (Å²) in [7, 11) is -3.53. The maximum absolute atomic E-state index is 14.3. The average molecular weight is 401 g/mol. The van der Waals surface area contributed by atoms with E-state index in [1.54, 1.807) is 0 Å². The van der Waals surface area contributed by atoms with Gasteiger partial charge in [-0.25, -0.2) is 26.4 Å². The number of rotatable bonds is 4. The predicted octanol–water partition coefficient (Wildman–Crippen LogP) is 3.91. The van der Waals surface area contributed by atoms with Gasteiger partial charge in [-0.15, -0.1) is 11.3 Å². The summed E-state index contributed by atoms with van der Waals surface area (Å²) in [5, 5.41) is -0.312. The van der Waals surface area contributed by atoms with E-state index in [0.29, 0.717) is 6.07 Å². The smallest absolute Gasteiger partial charge is 0.349 e. The molecule has 0 spiro atoms. The minimum Gasteiger partial charge on any atom is -0.465 e. The van der Waals surface area contributed by atoms with Crippen LogP contribution < -0.4 is 4.72 Å². The van der Waals surface area contributed by atoms with Crippen molar-refractivity contribution < 1.29 is 31.1 Å². The zero-order valence-corrected chi connectivity index (χ0v) is 14.7. The SMILES string of the molecule is COC(=O)c1sc2cccc(F)c2c1S(=O)(=O)Nc1ccc(F)cc1F. The number of hydrogen-bond donors (Lipinski definition) is 1. The lowest BCUT2D eigenvalue weighted by Crippen LogP contribution is -2.17. The maximum Gasteiger partial charge on any atom is 0.349 e. The Morgan fingerprint density at radius 2 is 1.85 bits per heavy atom. The second-order valence-corrected chi connectivity index (χ2v) is 7.77. The van der Waals surface area contributed by atoms with Crippen LogP contribution in [0.5, 0.6) is 0 Å². The van der Waals surface area contributed by atoms with Gasteiger partial charge in [-0.2, -0.15) is 0 Å². The third kappa shape index (κ3) is 3.13. The number of carbonyl (C=O) groups is 1. The van der Waals surface area contributed by atoms with E-state index >= 15 is 0 Å². The molecule has 0 saturated carbocycles. The van der Waals surface area contributed by atoms with Crippen molar-refractivity contribution in [2.45, 2.75) is 4.90 Å². The first-order valence-corrected chi connectivity index (χ1v) is 9.31. The summed E-state index contributed by atoms with van der Waals surface area (Å²) in [5.41, 5.74) is -0.544. The molecule has 10 heteroatoms. The lowest BCUT2D eigenvalue weighted by atomic mass is 10.2. The van der Waals surface area contributed by atoms with E-state index < -0.39 is 44.0 Å². The normalized spacial score (nSPS) is 11.5. The van der Waals surface area contributed by atoms with Gasteiger partial charge < -0.3 is 4.74 Å². The van der Waals surface area contributed by atoms with E-state index in [0.717, 1.165) is 36.6 Å². The molecule has 0 atom stereocenters. The van der Waals surface area contributed by atoms with E-state index in [4.69, 9.17) is 0 Å². The number of esters is 1. The van der Waals surface area contributed by atoms with Crippen molar-refractivity contribution in [1.29, 1.82) is 0 Å². The summed E-state index contributed by atoms with van der Waals surface area (Å²) in [6.45, 7) is 0. The van der Waals surface area contributed by atoms with Crippen LogP contribution in [0.25, 0.3) is 10.1 Å². The third-order valence-corrected chi connectivity index (χ3v) is 6.13. The Morgan fingerprint density at radius 3 is 2.50 bits per heavy atom. The standard InChI is InChI=1S/C16H10F3NO4S2/c1-24-16(21)14-15(13-9(18)3-2-4-12(13)25-14)26(22,23)20-11-6-5-8(17)7-10(11)19/h2-7,20H,1H3. The van der Waals surface area contributed by atoms with Crippen molar-refractivity contribution in [3.05, 3.63) is 58.7 Å². The lowest BCUT2D eigenvalue weighted by Gasteiger charge is -2.10. The molecule has 0 aliphatic carbocycles. The highest BCUT2D eigenvalue weighted by Gasteiger charge is 2.31. The number of halogens is 3. The molecule has 1 heterocycles. The Kier molecular flexibility index (Phi) is 4.63. The van der Waals surface area contributed by atoms with Crippen LogP contribution in [0.4, 0.5) is 18.9 Å². The molecule has 0 aliphatic heterocycles. The number of benzene rings is 2. The highest BCUT2D eigenvalue weighted by molar-refractivity contribution is 7.93. The van der Waals surface area contributed by atoms with Gasteiger partial charge in [0.25, 0.3) is 10.0 Å². The molecular formula is C16H10F3NO4S2. The van der Waals surface area contributed by atoms with Crippen LogP contribution in [0.3, 0.4) is 0 Å². The van der Waals surface area contributed by atoms with Gasteiger partial charge in [-0.3, -0.25) is 4.72 Å². The van der Waals surface area contributed by atoms with Crippen molar-refractivity contribution in [2.24, 2.45) is 0 Å². The van der Waals surface area contributed by atoms with E-state index in [-0.39, 0.29) is 15.0 Å². The fourth-order valence-corrected chi connectivity index (χ4v) is 5.24. The van der Waals surface area contributed by atoms with E-state index in [9.17, 15) is 26.4 Å². The minimum atomic E-state index is -4.58. The largest absolute Gasteiger partial charge is 0.465 e. The van der Waals surface area contributed by atoms with Crippen molar-refractivity contribution in [2.75, 3.05) is 11.8 Å². The van der Waals surface area contributed by atoms with E-state index in [1.165, 1.54) is 12.1 Å². The molecule has 0 radical (unpaired) electrons. The molecule has 5 nitrogen and oxygen atoms in total. The van der Waals surface area contributed by atoms with Crippen molar-refractivity contribution in [1.82, 2.24) is 0 Å². The molecule has 0 aliphatic rings. The zero-order chi connectivity index (χ0) is 19.1. The van der Waals surface area contributed by atoms with Crippen LogP contribution in [0.2, 0.25) is 0 Å². The van der Waals surface area contributed by atoms with Crippen molar-refractivity contribution in [3.8, 4) is 0 Å². The number of ether oxygens (including phenoxy) is 1. The Bertz CT molecular complexity index is 1130. The first-order chi connectivity index (χ1) is 12.2. The predicted molar refractivity (Wildman–Crippen MR) is 90.3 cm³/mol. The number of carbonyl (C=O) groups excluding carboxylic acids is 1. The van der Waals surface area contributed by atoms with E-state index in [2.05, 4.69) is 4.74 Å². The monoisotopic (exact) mass is 401 g/mol. The molecule has 26 heavy (non-hydrogen) atoms. The molecule has 0 unspecified atom stereocenters. The number of sulfonamides is 1. The molecule has 0 fully saturated rings. The molecule has 1 N–H and O–H groups in total. The number of hydrogen-bond acceptors (Lipinski definition) is 5. The molecule has 0 amide bonds. The third-order valence-electron chi connectivity index (χ3n) is 3.44. The quantitative estimate of drug-likeness (QED) is 0.673. The Hall–Kier alpha value is -2.59. The van der Waals surface area contributed by atoms with Gasteiger partial charge in [0.15, 0.2) is 0 Å². The van der Waals surface area contributed by atoms with Crippen LogP contribution in [0.15, 0.2) is 41.3 Å². The van der Waals surface area contributed by atoms with Crippen LogP contribution >= 0.6 is 11.3 Å². The fraction of sp³-hybridized carbons (Fsp3) is 0.0625. The minimum absolute atomic E-state index is 0.199. The molecule has 3 rings (SSSR count). The van der Waals surface area contributed by atoms with Gasteiger partial charge in [0.2, 0.25) is 0 Å². The van der Waals surface area contributed by atoms with E-state index in [1.807, 2.05) is 4.72 Å². The summed E-state index contributed by atoms with van der Waals surface area (Å²) < 4.78 is 73.3. The van der Waals surface area contributed by atoms with Crippen LogP contribution in [0, 0.1) is 17.5 Å². The topological polar surface area (TPSA) is 72.5 Å². The Labute approximate surface area is 150 Å². The number of methoxy groups -OCH3 is 1. The number of anilines is 1. The number of fused-ring (bicyclic) bond motifs is 1. The second-order valence-electron chi connectivity index (χ2n) is 5.09. The molecule has 0 bridgehead atoms. The van der Waals surface area contributed by atoms with Crippen molar-refractivity contribution >= 4 is 43.1 Å². The maximum atomic E-state index is 14.3. The van der Waals surface area contributed by atoms with Gasteiger partial charge in [0.1, 0.15) is 27.2 Å². The highest BCUT2D eigenvalue weighted by atomic mass is 32.2. The van der Waals surface area contributed by atoms with Crippen LogP contribution in [-0.4, -0.2) is 21.5 Å². The van der Waals surface area contributed by atoms with Crippen LogP contribution in [-0.2, 0) is 14.8 Å². The second kappa shape index (κ2) is 6.61. The van der Waals surface area contributed by atoms with Crippen LogP contribution in [0.1, 0.15) is 9.67 Å². The first kappa shape index (κ1) is 18.2. The summed E-state index contributed by atoms with van der Waals surface area (Å²) in [6, 6.07) is 6.06. The molecule has 2 aromatic carbocycles. The van der Waals surface area contributed by atoms with Gasteiger partial charge in [-0.05, 0) is 24.3 Å². The Balaban J connectivity index is 2.23. The molecule has 3 aromatic rings. The molecule has 0 saturated heterocycles. The summed E-state index contributed by atoms with van der Waals surface area (Å²) in [6.07, 6.45) is 0. The zero-order valence-electron chi connectivity index (χ0n) is 13.0. The highest BCUT2D eigenvalue weighted by Crippen LogP contribution is 2.37. The number of thiophene rings is 1. The lowest BCUT2D eigenvalue weighted by molar-refractivity contribution is 0.0602. The van der Waals surface area contributed by atoms with Crippen molar-refractivity contribution in [3.63, 3.8) is 0 Å². The molecule has 1 aromatic heterocycles. The summed E-state index contributed by atoms with van der Waals surface area (Å²) >= 11 is 0.727. The Morgan fingerprint density at radius 1 is 1.12 bits per heavy atom. The number of nitrogens with one attached hydrogen (secondary N) is 1. The van der Waals surface area contributed by atoms with Gasteiger partial charge in [0, 0.05) is 16.2 Å². The molecule has 136 valence electrons. The average Bonchev–Trinajstić information content (AvgIpc) is 2.98. The fourth-order valence-electron chi connectivity index (χ4n) is 2.33.